The zero-order chi connectivity index (χ0) is 13.9. The number of nitrogens with one attached hydrogen (secondary N) is 1. The molecule has 1 atom stereocenters. The molecule has 0 bridgehead atoms. The van der Waals surface area contributed by atoms with Crippen LogP contribution >= 0.6 is 0 Å². The summed E-state index contributed by atoms with van der Waals surface area (Å²) < 4.78 is 0. The molecule has 112 valence electrons. The molecule has 1 fully saturated rings. The van der Waals surface area contributed by atoms with E-state index in [9.17, 15) is 4.79 Å². The van der Waals surface area contributed by atoms with Crippen LogP contribution < -0.4 is 11.1 Å². The van der Waals surface area contributed by atoms with Crippen molar-refractivity contribution < 1.29 is 9.90 Å². The standard InChI is InChI=1S/C14H29N3O2/c15-7-8-16-14(19)13-6-5-10-17(12-13)9-3-1-2-4-11-18/h13,18H,1-12,15H2,(H,16,19). The largest absolute Gasteiger partial charge is 0.396 e. The summed E-state index contributed by atoms with van der Waals surface area (Å²) >= 11 is 0. The second-order valence-electron chi connectivity index (χ2n) is 5.36. The van der Waals surface area contributed by atoms with Gasteiger partial charge < -0.3 is 21.1 Å². The molecular weight excluding hydrogens is 242 g/mol. The van der Waals surface area contributed by atoms with Crippen LogP contribution in [0.5, 0.6) is 0 Å². The van der Waals surface area contributed by atoms with Crippen LogP contribution in [0.1, 0.15) is 38.5 Å². The maximum absolute atomic E-state index is 11.9. The third-order valence-corrected chi connectivity index (χ3v) is 3.70. The molecule has 0 aromatic heterocycles. The molecule has 4 N–H and O–H groups in total. The average Bonchev–Trinajstić information content (AvgIpc) is 2.45. The number of piperidine rings is 1. The summed E-state index contributed by atoms with van der Waals surface area (Å²) in [6.07, 6.45) is 6.45. The first kappa shape index (κ1) is 16.4. The van der Waals surface area contributed by atoms with Gasteiger partial charge >= 0.3 is 0 Å². The molecule has 0 aliphatic carbocycles. The van der Waals surface area contributed by atoms with Crippen LogP contribution in [-0.4, -0.2) is 55.2 Å². The molecule has 1 amide bonds. The van der Waals surface area contributed by atoms with E-state index in [2.05, 4.69) is 10.2 Å². The van der Waals surface area contributed by atoms with Gasteiger partial charge in [-0.25, -0.2) is 0 Å². The quantitative estimate of drug-likeness (QED) is 0.528. The zero-order valence-electron chi connectivity index (χ0n) is 11.9. The van der Waals surface area contributed by atoms with Gasteiger partial charge in [-0.15, -0.1) is 0 Å². The molecule has 1 rings (SSSR count). The molecule has 0 spiro atoms. The van der Waals surface area contributed by atoms with Gasteiger partial charge in [-0.05, 0) is 38.8 Å². The first-order valence-corrected chi connectivity index (χ1v) is 7.59. The van der Waals surface area contributed by atoms with Gasteiger partial charge in [0.2, 0.25) is 5.91 Å². The van der Waals surface area contributed by atoms with Crippen molar-refractivity contribution >= 4 is 5.91 Å². The van der Waals surface area contributed by atoms with E-state index in [1.165, 1.54) is 6.42 Å². The van der Waals surface area contributed by atoms with Gasteiger partial charge in [0.05, 0.1) is 5.92 Å². The van der Waals surface area contributed by atoms with Crippen molar-refractivity contribution in [2.45, 2.75) is 38.5 Å². The lowest BCUT2D eigenvalue weighted by atomic mass is 9.97. The topological polar surface area (TPSA) is 78.6 Å². The highest BCUT2D eigenvalue weighted by Gasteiger charge is 2.24. The number of rotatable bonds is 9. The van der Waals surface area contributed by atoms with Gasteiger partial charge in [-0.1, -0.05) is 12.8 Å². The third-order valence-electron chi connectivity index (χ3n) is 3.70. The Balaban J connectivity index is 2.16. The van der Waals surface area contributed by atoms with Crippen LogP contribution in [0.15, 0.2) is 0 Å². The Labute approximate surface area is 116 Å². The van der Waals surface area contributed by atoms with E-state index in [4.69, 9.17) is 10.8 Å². The lowest BCUT2D eigenvalue weighted by Crippen LogP contribution is -2.44. The third kappa shape index (κ3) is 6.89. The number of unbranched alkanes of at least 4 members (excludes halogenated alkanes) is 3. The second kappa shape index (κ2) is 10.2. The first-order chi connectivity index (χ1) is 9.27. The molecule has 19 heavy (non-hydrogen) atoms. The van der Waals surface area contributed by atoms with Gasteiger partial charge in [0.25, 0.3) is 0 Å². The minimum Gasteiger partial charge on any atom is -0.396 e. The van der Waals surface area contributed by atoms with Crippen LogP contribution in [-0.2, 0) is 4.79 Å². The Hall–Kier alpha value is -0.650. The molecule has 0 aromatic rings. The number of hydrogen-bond acceptors (Lipinski definition) is 4. The molecule has 1 aliphatic rings. The van der Waals surface area contributed by atoms with E-state index in [1.54, 1.807) is 0 Å². The molecule has 0 saturated carbocycles. The molecule has 5 heteroatoms. The van der Waals surface area contributed by atoms with E-state index in [0.717, 1.165) is 51.7 Å². The maximum Gasteiger partial charge on any atom is 0.224 e. The second-order valence-corrected chi connectivity index (χ2v) is 5.36. The van der Waals surface area contributed by atoms with Crippen LogP contribution in [0.4, 0.5) is 0 Å². The molecule has 5 nitrogen and oxygen atoms in total. The summed E-state index contributed by atoms with van der Waals surface area (Å²) in [5.41, 5.74) is 5.40. The number of aliphatic hydroxyl groups excluding tert-OH is 1. The lowest BCUT2D eigenvalue weighted by Gasteiger charge is -2.32. The van der Waals surface area contributed by atoms with Gasteiger partial charge in [0.1, 0.15) is 0 Å². The number of aliphatic hydroxyl groups is 1. The van der Waals surface area contributed by atoms with E-state index in [-0.39, 0.29) is 11.8 Å². The van der Waals surface area contributed by atoms with Gasteiger partial charge in [-0.3, -0.25) is 4.79 Å². The predicted octanol–water partition coefficient (Wildman–Crippen LogP) is 0.326. The molecule has 0 aromatic carbocycles. The molecule has 1 saturated heterocycles. The minimum absolute atomic E-state index is 0.137. The number of hydrogen-bond donors (Lipinski definition) is 3. The molecule has 1 heterocycles. The van der Waals surface area contributed by atoms with Gasteiger partial charge in [0, 0.05) is 26.2 Å². The fourth-order valence-electron chi connectivity index (χ4n) is 2.61. The normalized spacial score (nSPS) is 20.4. The predicted molar refractivity (Wildman–Crippen MR) is 76.8 cm³/mol. The van der Waals surface area contributed by atoms with E-state index >= 15 is 0 Å². The fraction of sp³-hybridized carbons (Fsp3) is 0.929. The summed E-state index contributed by atoms with van der Waals surface area (Å²) in [6.45, 7) is 4.46. The molecular formula is C14H29N3O2. The summed E-state index contributed by atoms with van der Waals surface area (Å²) in [5, 5.41) is 11.6. The Bertz CT molecular complexity index is 249. The lowest BCUT2D eigenvalue weighted by molar-refractivity contribution is -0.126. The van der Waals surface area contributed by atoms with Crippen molar-refractivity contribution in [3.05, 3.63) is 0 Å². The van der Waals surface area contributed by atoms with E-state index < -0.39 is 0 Å². The summed E-state index contributed by atoms with van der Waals surface area (Å²) in [6, 6.07) is 0. The smallest absolute Gasteiger partial charge is 0.224 e. The summed E-state index contributed by atoms with van der Waals surface area (Å²) in [7, 11) is 0. The highest BCUT2D eigenvalue weighted by atomic mass is 16.2. The van der Waals surface area contributed by atoms with Gasteiger partial charge in [-0.2, -0.15) is 0 Å². The summed E-state index contributed by atoms with van der Waals surface area (Å²) in [4.78, 5) is 14.3. The van der Waals surface area contributed by atoms with Crippen molar-refractivity contribution in [2.75, 3.05) is 39.3 Å². The molecule has 1 unspecified atom stereocenters. The molecule has 1 aliphatic heterocycles. The first-order valence-electron chi connectivity index (χ1n) is 7.59. The van der Waals surface area contributed by atoms with Crippen LogP contribution in [0.2, 0.25) is 0 Å². The Morgan fingerprint density at radius 3 is 2.84 bits per heavy atom. The number of carbonyl (C=O) groups excluding carboxylic acids is 1. The highest BCUT2D eigenvalue weighted by molar-refractivity contribution is 5.78. The highest BCUT2D eigenvalue weighted by Crippen LogP contribution is 2.17. The van der Waals surface area contributed by atoms with Gasteiger partial charge in [0.15, 0.2) is 0 Å². The van der Waals surface area contributed by atoms with Crippen molar-refractivity contribution in [3.8, 4) is 0 Å². The fourth-order valence-corrected chi connectivity index (χ4v) is 2.61. The Kier molecular flexibility index (Phi) is 8.79. The number of carbonyl (C=O) groups is 1. The van der Waals surface area contributed by atoms with Crippen LogP contribution in [0, 0.1) is 5.92 Å². The molecule has 0 radical (unpaired) electrons. The van der Waals surface area contributed by atoms with Crippen molar-refractivity contribution in [1.29, 1.82) is 0 Å². The van der Waals surface area contributed by atoms with E-state index in [0.29, 0.717) is 19.7 Å². The summed E-state index contributed by atoms with van der Waals surface area (Å²) in [5.74, 6) is 0.299. The number of amides is 1. The van der Waals surface area contributed by atoms with Crippen LogP contribution in [0.3, 0.4) is 0 Å². The van der Waals surface area contributed by atoms with Crippen LogP contribution in [0.25, 0.3) is 0 Å². The van der Waals surface area contributed by atoms with Crippen molar-refractivity contribution in [3.63, 3.8) is 0 Å². The SMILES string of the molecule is NCCNC(=O)C1CCCN(CCCCCCO)C1. The van der Waals surface area contributed by atoms with Crippen molar-refractivity contribution in [2.24, 2.45) is 11.7 Å². The zero-order valence-corrected chi connectivity index (χ0v) is 11.9. The average molecular weight is 271 g/mol. The number of nitrogens with zero attached hydrogens (tertiary/aromatic N) is 1. The van der Waals surface area contributed by atoms with E-state index in [1.807, 2.05) is 0 Å². The Morgan fingerprint density at radius 2 is 2.11 bits per heavy atom. The number of likely N-dealkylation sites (tertiary alicyclic amines) is 1. The number of nitrogens with two attached hydrogens (primary N) is 1. The Morgan fingerprint density at radius 1 is 1.32 bits per heavy atom. The monoisotopic (exact) mass is 271 g/mol. The minimum atomic E-state index is 0.137. The maximum atomic E-state index is 11.9. The van der Waals surface area contributed by atoms with Crippen molar-refractivity contribution in [1.82, 2.24) is 10.2 Å².